The number of aromatic nitrogens is 1. The molecule has 1 N–H and O–H groups in total. The molecule has 0 aliphatic carbocycles. The van der Waals surface area contributed by atoms with E-state index in [0.29, 0.717) is 5.25 Å². The molecule has 1 heterocycles. The summed E-state index contributed by atoms with van der Waals surface area (Å²) in [5.74, 6) is 0.954. The molecule has 1 unspecified atom stereocenters. The summed E-state index contributed by atoms with van der Waals surface area (Å²) in [6.07, 6.45) is 2.69. The minimum Gasteiger partial charge on any atom is -0.396 e. The summed E-state index contributed by atoms with van der Waals surface area (Å²) < 4.78 is 0. The molecule has 3 heteroatoms. The molecule has 1 aromatic carbocycles. The van der Waals surface area contributed by atoms with Crippen LogP contribution in [0.15, 0.2) is 36.5 Å². The standard InChI is InChI=1S/C14H17NOS/c1-11(7-9-16)17-10-13-5-2-4-12-6-3-8-15-14(12)13/h2-6,8,11,16H,7,9-10H2,1H3. The summed E-state index contributed by atoms with van der Waals surface area (Å²) in [7, 11) is 0. The fourth-order valence-electron chi connectivity index (χ4n) is 1.78. The van der Waals surface area contributed by atoms with Crippen molar-refractivity contribution in [3.8, 4) is 0 Å². The van der Waals surface area contributed by atoms with Gasteiger partial charge in [0.2, 0.25) is 0 Å². The maximum absolute atomic E-state index is 8.88. The van der Waals surface area contributed by atoms with Crippen molar-refractivity contribution in [1.82, 2.24) is 4.98 Å². The van der Waals surface area contributed by atoms with Crippen LogP contribution in [0.25, 0.3) is 10.9 Å². The van der Waals surface area contributed by atoms with E-state index in [1.807, 2.05) is 24.0 Å². The Bertz CT molecular complexity index is 481. The van der Waals surface area contributed by atoms with Gasteiger partial charge in [0, 0.05) is 29.2 Å². The van der Waals surface area contributed by atoms with Crippen LogP contribution in [0.5, 0.6) is 0 Å². The van der Waals surface area contributed by atoms with Crippen molar-refractivity contribution in [2.75, 3.05) is 6.61 Å². The van der Waals surface area contributed by atoms with Gasteiger partial charge in [0.15, 0.2) is 0 Å². The van der Waals surface area contributed by atoms with Crippen molar-refractivity contribution in [1.29, 1.82) is 0 Å². The van der Waals surface area contributed by atoms with Gasteiger partial charge in [-0.1, -0.05) is 31.2 Å². The molecule has 2 rings (SSSR count). The molecule has 0 amide bonds. The number of pyridine rings is 1. The van der Waals surface area contributed by atoms with Gasteiger partial charge in [-0.15, -0.1) is 0 Å². The molecule has 0 saturated heterocycles. The lowest BCUT2D eigenvalue weighted by atomic mass is 10.1. The lowest BCUT2D eigenvalue weighted by Gasteiger charge is -2.10. The fourth-order valence-corrected chi connectivity index (χ4v) is 2.75. The first-order valence-electron chi connectivity index (χ1n) is 5.86. The molecule has 0 radical (unpaired) electrons. The second-order valence-corrected chi connectivity index (χ2v) is 5.55. The van der Waals surface area contributed by atoms with Crippen LogP contribution in [0.1, 0.15) is 18.9 Å². The number of benzene rings is 1. The number of para-hydroxylation sites is 1. The Balaban J connectivity index is 2.13. The second kappa shape index (κ2) is 6.03. The van der Waals surface area contributed by atoms with Crippen LogP contribution < -0.4 is 0 Å². The summed E-state index contributed by atoms with van der Waals surface area (Å²) in [5.41, 5.74) is 2.37. The molecule has 0 fully saturated rings. The fraction of sp³-hybridized carbons (Fsp3) is 0.357. The molecular weight excluding hydrogens is 230 g/mol. The Morgan fingerprint density at radius 2 is 2.12 bits per heavy atom. The summed E-state index contributed by atoms with van der Waals surface area (Å²) in [5, 5.41) is 10.6. The Labute approximate surface area is 106 Å². The quantitative estimate of drug-likeness (QED) is 0.880. The molecule has 0 spiro atoms. The highest BCUT2D eigenvalue weighted by atomic mass is 32.2. The summed E-state index contributed by atoms with van der Waals surface area (Å²) in [6.45, 7) is 2.42. The average molecular weight is 247 g/mol. The first-order valence-corrected chi connectivity index (χ1v) is 6.91. The predicted octanol–water partition coefficient (Wildman–Crippen LogP) is 3.24. The lowest BCUT2D eigenvalue weighted by Crippen LogP contribution is -2.00. The number of fused-ring (bicyclic) bond motifs is 1. The molecule has 2 nitrogen and oxygen atoms in total. The molecule has 17 heavy (non-hydrogen) atoms. The zero-order chi connectivity index (χ0) is 12.1. The summed E-state index contributed by atoms with van der Waals surface area (Å²) in [6, 6.07) is 10.4. The number of hydrogen-bond donors (Lipinski definition) is 1. The van der Waals surface area contributed by atoms with Crippen molar-refractivity contribution < 1.29 is 5.11 Å². The number of nitrogens with zero attached hydrogens (tertiary/aromatic N) is 1. The second-order valence-electron chi connectivity index (χ2n) is 4.13. The smallest absolute Gasteiger partial charge is 0.0742 e. The van der Waals surface area contributed by atoms with Crippen LogP contribution in [-0.2, 0) is 5.75 Å². The molecule has 90 valence electrons. The highest BCUT2D eigenvalue weighted by Gasteiger charge is 2.05. The zero-order valence-electron chi connectivity index (χ0n) is 9.97. The van der Waals surface area contributed by atoms with E-state index in [-0.39, 0.29) is 6.61 Å². The molecule has 0 aliphatic heterocycles. The molecule has 1 atom stereocenters. The van der Waals surface area contributed by atoms with E-state index in [2.05, 4.69) is 36.2 Å². The molecule has 0 saturated carbocycles. The SMILES string of the molecule is CC(CCO)SCc1cccc2cccnc12. The Hall–Kier alpha value is -1.06. The molecule has 0 aliphatic rings. The van der Waals surface area contributed by atoms with E-state index in [1.165, 1.54) is 10.9 Å². The minimum atomic E-state index is 0.266. The van der Waals surface area contributed by atoms with Gasteiger partial charge in [-0.2, -0.15) is 11.8 Å². The van der Waals surface area contributed by atoms with Gasteiger partial charge in [-0.05, 0) is 18.1 Å². The number of rotatable bonds is 5. The van der Waals surface area contributed by atoms with Gasteiger partial charge in [-0.3, -0.25) is 4.98 Å². The van der Waals surface area contributed by atoms with Crippen molar-refractivity contribution in [2.24, 2.45) is 0 Å². The predicted molar refractivity (Wildman–Crippen MR) is 74.2 cm³/mol. The van der Waals surface area contributed by atoms with Crippen molar-refractivity contribution in [3.63, 3.8) is 0 Å². The van der Waals surface area contributed by atoms with Gasteiger partial charge in [0.25, 0.3) is 0 Å². The summed E-state index contributed by atoms with van der Waals surface area (Å²) >= 11 is 1.87. The highest BCUT2D eigenvalue weighted by molar-refractivity contribution is 7.99. The number of aliphatic hydroxyl groups excluding tert-OH is 1. The van der Waals surface area contributed by atoms with Crippen molar-refractivity contribution >= 4 is 22.7 Å². The number of thioether (sulfide) groups is 1. The monoisotopic (exact) mass is 247 g/mol. The van der Waals surface area contributed by atoms with Gasteiger partial charge in [-0.25, -0.2) is 0 Å². The lowest BCUT2D eigenvalue weighted by molar-refractivity contribution is 0.289. The largest absolute Gasteiger partial charge is 0.396 e. The first kappa shape index (κ1) is 12.4. The normalized spacial score (nSPS) is 12.8. The Morgan fingerprint density at radius 1 is 1.29 bits per heavy atom. The minimum absolute atomic E-state index is 0.266. The maximum atomic E-state index is 8.88. The third kappa shape index (κ3) is 3.20. The number of hydrogen-bond acceptors (Lipinski definition) is 3. The van der Waals surface area contributed by atoms with Gasteiger partial charge >= 0.3 is 0 Å². The van der Waals surface area contributed by atoms with Crippen molar-refractivity contribution in [2.45, 2.75) is 24.3 Å². The molecule has 0 bridgehead atoms. The average Bonchev–Trinajstić information content (AvgIpc) is 2.36. The Kier molecular flexibility index (Phi) is 4.40. The third-order valence-corrected chi connectivity index (χ3v) is 4.06. The van der Waals surface area contributed by atoms with Crippen LogP contribution in [0.4, 0.5) is 0 Å². The third-order valence-electron chi connectivity index (χ3n) is 2.78. The van der Waals surface area contributed by atoms with Gasteiger partial charge in [0.1, 0.15) is 0 Å². The summed E-state index contributed by atoms with van der Waals surface area (Å²) in [4.78, 5) is 4.44. The Morgan fingerprint density at radius 3 is 2.94 bits per heavy atom. The maximum Gasteiger partial charge on any atom is 0.0742 e. The van der Waals surface area contributed by atoms with E-state index in [9.17, 15) is 0 Å². The first-order chi connectivity index (χ1) is 8.31. The van der Waals surface area contributed by atoms with E-state index in [1.54, 1.807) is 0 Å². The molecular formula is C14H17NOS. The van der Waals surface area contributed by atoms with E-state index >= 15 is 0 Å². The van der Waals surface area contributed by atoms with Gasteiger partial charge < -0.3 is 5.11 Å². The zero-order valence-corrected chi connectivity index (χ0v) is 10.8. The van der Waals surface area contributed by atoms with Crippen LogP contribution in [0, 0.1) is 0 Å². The van der Waals surface area contributed by atoms with Crippen LogP contribution in [-0.4, -0.2) is 21.9 Å². The number of aliphatic hydroxyl groups is 1. The van der Waals surface area contributed by atoms with Crippen LogP contribution >= 0.6 is 11.8 Å². The molecule has 2 aromatic rings. The van der Waals surface area contributed by atoms with Crippen LogP contribution in [0.2, 0.25) is 0 Å². The van der Waals surface area contributed by atoms with Crippen molar-refractivity contribution in [3.05, 3.63) is 42.1 Å². The topological polar surface area (TPSA) is 33.1 Å². The van der Waals surface area contributed by atoms with Crippen LogP contribution in [0.3, 0.4) is 0 Å². The highest BCUT2D eigenvalue weighted by Crippen LogP contribution is 2.24. The van der Waals surface area contributed by atoms with Gasteiger partial charge in [0.05, 0.1) is 5.52 Å². The van der Waals surface area contributed by atoms with E-state index < -0.39 is 0 Å². The molecule has 1 aromatic heterocycles. The van der Waals surface area contributed by atoms with E-state index in [0.717, 1.165) is 17.7 Å². The van der Waals surface area contributed by atoms with E-state index in [4.69, 9.17) is 5.11 Å².